The number of oxazole rings is 1. The summed E-state index contributed by atoms with van der Waals surface area (Å²) in [6.45, 7) is 0.349. The molecule has 0 atom stereocenters. The quantitative estimate of drug-likeness (QED) is 0.527. The summed E-state index contributed by atoms with van der Waals surface area (Å²) in [5.41, 5.74) is 2.80. The summed E-state index contributed by atoms with van der Waals surface area (Å²) in [7, 11) is 3.07. The third-order valence-corrected chi connectivity index (χ3v) is 4.77. The van der Waals surface area contributed by atoms with Gasteiger partial charge >= 0.3 is 5.76 Å². The molecular formula is C23H20N2O5. The number of benzene rings is 3. The molecule has 0 bridgehead atoms. The average molecular weight is 404 g/mol. The summed E-state index contributed by atoms with van der Waals surface area (Å²) in [6, 6.07) is 19.6. The lowest BCUT2D eigenvalue weighted by molar-refractivity contribution is 0.102. The number of rotatable bonds is 6. The van der Waals surface area contributed by atoms with E-state index in [0.717, 1.165) is 5.56 Å². The molecule has 0 fully saturated rings. The van der Waals surface area contributed by atoms with E-state index >= 15 is 0 Å². The van der Waals surface area contributed by atoms with Gasteiger partial charge in [0.15, 0.2) is 5.58 Å². The monoisotopic (exact) mass is 404 g/mol. The van der Waals surface area contributed by atoms with Crippen molar-refractivity contribution in [2.75, 3.05) is 19.5 Å². The van der Waals surface area contributed by atoms with E-state index < -0.39 is 5.76 Å². The van der Waals surface area contributed by atoms with Gasteiger partial charge in [-0.2, -0.15) is 0 Å². The summed E-state index contributed by atoms with van der Waals surface area (Å²) >= 11 is 0. The van der Waals surface area contributed by atoms with E-state index in [4.69, 9.17) is 13.9 Å². The minimum absolute atomic E-state index is 0.344. The zero-order valence-corrected chi connectivity index (χ0v) is 16.5. The van der Waals surface area contributed by atoms with Crippen molar-refractivity contribution in [3.8, 4) is 11.5 Å². The second-order valence-electron chi connectivity index (χ2n) is 6.64. The Morgan fingerprint density at radius 3 is 2.53 bits per heavy atom. The first-order valence-corrected chi connectivity index (χ1v) is 9.29. The molecule has 30 heavy (non-hydrogen) atoms. The van der Waals surface area contributed by atoms with Gasteiger partial charge in [-0.3, -0.25) is 9.36 Å². The minimum atomic E-state index is -0.471. The first-order valence-electron chi connectivity index (χ1n) is 9.29. The SMILES string of the molecule is COc1ccc(OC)c(NC(=O)c2ccc3oc(=O)n(Cc4ccccc4)c3c2)c1. The lowest BCUT2D eigenvalue weighted by Gasteiger charge is -2.12. The van der Waals surface area contributed by atoms with Gasteiger partial charge in [-0.05, 0) is 35.9 Å². The third-order valence-electron chi connectivity index (χ3n) is 4.77. The molecule has 4 rings (SSSR count). The molecule has 1 amide bonds. The molecule has 0 radical (unpaired) electrons. The number of ether oxygens (including phenoxy) is 2. The van der Waals surface area contributed by atoms with E-state index in [1.165, 1.54) is 11.7 Å². The van der Waals surface area contributed by atoms with Crippen LogP contribution in [0, 0.1) is 0 Å². The molecule has 0 saturated carbocycles. The van der Waals surface area contributed by atoms with Crippen molar-refractivity contribution in [2.24, 2.45) is 0 Å². The van der Waals surface area contributed by atoms with Crippen LogP contribution in [-0.2, 0) is 6.54 Å². The number of carbonyl (C=O) groups excluding carboxylic acids is 1. The summed E-state index contributed by atoms with van der Waals surface area (Å²) in [6.07, 6.45) is 0. The van der Waals surface area contributed by atoms with Crippen molar-refractivity contribution in [3.63, 3.8) is 0 Å². The van der Waals surface area contributed by atoms with Gasteiger partial charge in [0, 0.05) is 11.6 Å². The smallest absolute Gasteiger partial charge is 0.420 e. The number of hydrogen-bond acceptors (Lipinski definition) is 5. The van der Waals surface area contributed by atoms with Crippen LogP contribution in [0.4, 0.5) is 5.69 Å². The molecule has 0 aliphatic carbocycles. The zero-order chi connectivity index (χ0) is 21.1. The van der Waals surface area contributed by atoms with Gasteiger partial charge in [-0.1, -0.05) is 30.3 Å². The van der Waals surface area contributed by atoms with Crippen LogP contribution in [0.5, 0.6) is 11.5 Å². The maximum Gasteiger partial charge on any atom is 0.420 e. The van der Waals surface area contributed by atoms with Crippen molar-refractivity contribution in [1.82, 2.24) is 4.57 Å². The van der Waals surface area contributed by atoms with E-state index in [1.807, 2.05) is 30.3 Å². The minimum Gasteiger partial charge on any atom is -0.497 e. The number of aromatic nitrogens is 1. The van der Waals surface area contributed by atoms with Gasteiger partial charge in [0.25, 0.3) is 5.91 Å². The Morgan fingerprint density at radius 1 is 1.00 bits per heavy atom. The number of hydrogen-bond donors (Lipinski definition) is 1. The summed E-state index contributed by atoms with van der Waals surface area (Å²) < 4.78 is 17.4. The van der Waals surface area contributed by atoms with Crippen LogP contribution in [0.2, 0.25) is 0 Å². The number of methoxy groups -OCH3 is 2. The molecule has 1 heterocycles. The number of fused-ring (bicyclic) bond motifs is 1. The number of nitrogens with zero attached hydrogens (tertiary/aromatic N) is 1. The molecule has 0 aliphatic heterocycles. The number of anilines is 1. The van der Waals surface area contributed by atoms with Gasteiger partial charge < -0.3 is 19.2 Å². The van der Waals surface area contributed by atoms with Gasteiger partial charge in [0.2, 0.25) is 0 Å². The van der Waals surface area contributed by atoms with Crippen LogP contribution >= 0.6 is 0 Å². The first kappa shape index (κ1) is 19.3. The summed E-state index contributed by atoms with van der Waals surface area (Å²) in [5.74, 6) is 0.284. The normalized spacial score (nSPS) is 10.7. The molecule has 152 valence electrons. The third kappa shape index (κ3) is 3.77. The predicted molar refractivity (Wildman–Crippen MR) is 114 cm³/mol. The second kappa shape index (κ2) is 8.16. The van der Waals surface area contributed by atoms with E-state index in [-0.39, 0.29) is 5.91 Å². The van der Waals surface area contributed by atoms with Gasteiger partial charge in [-0.25, -0.2) is 4.79 Å². The maximum atomic E-state index is 12.9. The Labute approximate surface area is 172 Å². The molecule has 0 aliphatic rings. The van der Waals surface area contributed by atoms with Crippen LogP contribution in [-0.4, -0.2) is 24.7 Å². The first-order chi connectivity index (χ1) is 14.6. The summed E-state index contributed by atoms with van der Waals surface area (Å²) in [5, 5.41) is 2.83. The zero-order valence-electron chi connectivity index (χ0n) is 16.5. The Bertz CT molecular complexity index is 1260. The second-order valence-corrected chi connectivity index (χ2v) is 6.64. The van der Waals surface area contributed by atoms with Crippen LogP contribution in [0.1, 0.15) is 15.9 Å². The van der Waals surface area contributed by atoms with Crippen molar-refractivity contribution < 1.29 is 18.7 Å². The largest absolute Gasteiger partial charge is 0.497 e. The fraction of sp³-hybridized carbons (Fsp3) is 0.130. The van der Waals surface area contributed by atoms with Crippen molar-refractivity contribution in [2.45, 2.75) is 6.54 Å². The number of carbonyl (C=O) groups is 1. The Hall–Kier alpha value is -4.00. The van der Waals surface area contributed by atoms with E-state index in [1.54, 1.807) is 43.5 Å². The molecule has 7 heteroatoms. The van der Waals surface area contributed by atoms with Gasteiger partial charge in [0.05, 0.1) is 32.0 Å². The highest BCUT2D eigenvalue weighted by atomic mass is 16.5. The average Bonchev–Trinajstić information content (AvgIpc) is 3.08. The molecule has 0 spiro atoms. The van der Waals surface area contributed by atoms with E-state index in [9.17, 15) is 9.59 Å². The highest BCUT2D eigenvalue weighted by molar-refractivity contribution is 6.06. The lowest BCUT2D eigenvalue weighted by atomic mass is 10.1. The molecule has 1 N–H and O–H groups in total. The topological polar surface area (TPSA) is 82.7 Å². The Balaban J connectivity index is 1.67. The van der Waals surface area contributed by atoms with Crippen LogP contribution < -0.4 is 20.5 Å². The molecule has 7 nitrogen and oxygen atoms in total. The fourth-order valence-corrected chi connectivity index (χ4v) is 3.23. The molecule has 4 aromatic rings. The Kier molecular flexibility index (Phi) is 5.26. The van der Waals surface area contributed by atoms with Gasteiger partial charge in [0.1, 0.15) is 11.5 Å². The van der Waals surface area contributed by atoms with Crippen molar-refractivity contribution >= 4 is 22.7 Å². The standard InChI is InChI=1S/C23H20N2O5/c1-28-17-9-11-20(29-2)18(13-17)24-22(26)16-8-10-21-19(12-16)25(23(27)30-21)14-15-6-4-3-5-7-15/h3-13H,14H2,1-2H3,(H,24,26). The van der Waals surface area contributed by atoms with Crippen LogP contribution in [0.15, 0.2) is 75.9 Å². The van der Waals surface area contributed by atoms with Gasteiger partial charge in [-0.15, -0.1) is 0 Å². The molecule has 0 saturated heterocycles. The molecule has 0 unspecified atom stereocenters. The lowest BCUT2D eigenvalue weighted by Crippen LogP contribution is -2.16. The predicted octanol–water partition coefficient (Wildman–Crippen LogP) is 3.91. The van der Waals surface area contributed by atoms with Crippen molar-refractivity contribution in [1.29, 1.82) is 0 Å². The van der Waals surface area contributed by atoms with E-state index in [0.29, 0.717) is 40.4 Å². The summed E-state index contributed by atoms with van der Waals surface area (Å²) in [4.78, 5) is 25.2. The van der Waals surface area contributed by atoms with Crippen LogP contribution in [0.25, 0.3) is 11.1 Å². The maximum absolute atomic E-state index is 12.9. The number of nitrogens with one attached hydrogen (secondary N) is 1. The highest BCUT2D eigenvalue weighted by Crippen LogP contribution is 2.29. The fourth-order valence-electron chi connectivity index (χ4n) is 3.23. The van der Waals surface area contributed by atoms with Crippen molar-refractivity contribution in [3.05, 3.63) is 88.4 Å². The molecule has 3 aromatic carbocycles. The molecule has 1 aromatic heterocycles. The molecular weight excluding hydrogens is 384 g/mol. The number of amides is 1. The van der Waals surface area contributed by atoms with E-state index in [2.05, 4.69) is 5.32 Å². The highest BCUT2D eigenvalue weighted by Gasteiger charge is 2.15. The Morgan fingerprint density at radius 2 is 1.80 bits per heavy atom. The van der Waals surface area contributed by atoms with Crippen LogP contribution in [0.3, 0.4) is 0 Å².